The van der Waals surface area contributed by atoms with Gasteiger partial charge in [0.2, 0.25) is 0 Å². The summed E-state index contributed by atoms with van der Waals surface area (Å²) < 4.78 is 10.9. The molecule has 0 radical (unpaired) electrons. The largest absolute Gasteiger partial charge is 0.497 e. The van der Waals surface area contributed by atoms with Crippen molar-refractivity contribution >= 4 is 11.7 Å². The first-order valence-electron chi connectivity index (χ1n) is 8.28. The number of benzene rings is 1. The minimum absolute atomic E-state index is 0.00499. The number of nitrogens with zero attached hydrogens (tertiary/aromatic N) is 4. The summed E-state index contributed by atoms with van der Waals surface area (Å²) in [4.78, 5) is 25.0. The van der Waals surface area contributed by atoms with Crippen LogP contribution >= 0.6 is 0 Å². The summed E-state index contributed by atoms with van der Waals surface area (Å²) in [5, 5.41) is 0. The smallest absolute Gasteiger partial charge is 0.263 e. The van der Waals surface area contributed by atoms with Gasteiger partial charge in [0.25, 0.3) is 5.91 Å². The Balaban J connectivity index is 1.52. The maximum absolute atomic E-state index is 12.6. The van der Waals surface area contributed by atoms with Crippen LogP contribution in [0.2, 0.25) is 0 Å². The summed E-state index contributed by atoms with van der Waals surface area (Å²) in [7, 11) is 1.61. The molecule has 3 rings (SSSR count). The lowest BCUT2D eigenvalue weighted by Crippen LogP contribution is -2.52. The summed E-state index contributed by atoms with van der Waals surface area (Å²) in [5.74, 6) is 2.25. The zero-order valence-corrected chi connectivity index (χ0v) is 14.5. The third kappa shape index (κ3) is 4.17. The zero-order valence-electron chi connectivity index (χ0n) is 14.5. The van der Waals surface area contributed by atoms with E-state index in [0.717, 1.165) is 24.7 Å². The van der Waals surface area contributed by atoms with Crippen molar-refractivity contribution in [1.82, 2.24) is 14.9 Å². The normalized spacial score (nSPS) is 15.6. The first kappa shape index (κ1) is 17.0. The average molecular weight is 342 g/mol. The number of rotatable bonds is 5. The van der Waals surface area contributed by atoms with Crippen LogP contribution in [0.15, 0.2) is 42.9 Å². The highest BCUT2D eigenvalue weighted by atomic mass is 16.5. The third-order valence-electron chi connectivity index (χ3n) is 4.18. The molecule has 1 aromatic carbocycles. The van der Waals surface area contributed by atoms with Gasteiger partial charge in [-0.05, 0) is 31.2 Å². The number of methoxy groups -OCH3 is 1. The van der Waals surface area contributed by atoms with E-state index >= 15 is 0 Å². The number of anilines is 1. The molecule has 25 heavy (non-hydrogen) atoms. The number of hydrogen-bond donors (Lipinski definition) is 0. The van der Waals surface area contributed by atoms with Crippen LogP contribution in [0.3, 0.4) is 0 Å². The van der Waals surface area contributed by atoms with Crippen molar-refractivity contribution in [3.05, 3.63) is 42.9 Å². The molecule has 1 amide bonds. The second-order valence-electron chi connectivity index (χ2n) is 5.81. The highest BCUT2D eigenvalue weighted by Gasteiger charge is 2.26. The van der Waals surface area contributed by atoms with Crippen molar-refractivity contribution in [1.29, 1.82) is 0 Å². The molecule has 2 heterocycles. The van der Waals surface area contributed by atoms with Gasteiger partial charge in [-0.15, -0.1) is 0 Å². The molecule has 0 aliphatic carbocycles. The maximum Gasteiger partial charge on any atom is 0.263 e. The summed E-state index contributed by atoms with van der Waals surface area (Å²) in [6, 6.07) is 7.22. The fraction of sp³-hybridized carbons (Fsp3) is 0.389. The van der Waals surface area contributed by atoms with Crippen molar-refractivity contribution in [2.24, 2.45) is 0 Å². The lowest BCUT2D eigenvalue weighted by atomic mass is 10.2. The first-order chi connectivity index (χ1) is 12.2. The number of carbonyl (C=O) groups excluding carboxylic acids is 1. The Morgan fingerprint density at radius 3 is 2.36 bits per heavy atom. The molecule has 0 unspecified atom stereocenters. The number of carbonyl (C=O) groups is 1. The van der Waals surface area contributed by atoms with Crippen LogP contribution in [0.5, 0.6) is 11.5 Å². The van der Waals surface area contributed by atoms with E-state index in [1.54, 1.807) is 44.8 Å². The maximum atomic E-state index is 12.6. The SMILES string of the molecule is COc1ccc(O[C@H](C)C(=O)N2CCN(c3cnccn3)CC2)cc1. The average Bonchev–Trinajstić information content (AvgIpc) is 2.69. The molecule has 2 aromatic rings. The molecule has 0 bridgehead atoms. The van der Waals surface area contributed by atoms with Crippen molar-refractivity contribution in [3.8, 4) is 11.5 Å². The van der Waals surface area contributed by atoms with Gasteiger partial charge in [-0.1, -0.05) is 0 Å². The number of amides is 1. The fourth-order valence-corrected chi connectivity index (χ4v) is 2.78. The topological polar surface area (TPSA) is 67.8 Å². The number of hydrogen-bond acceptors (Lipinski definition) is 6. The summed E-state index contributed by atoms with van der Waals surface area (Å²) in [6.45, 7) is 4.54. The zero-order chi connectivity index (χ0) is 17.6. The van der Waals surface area contributed by atoms with Crippen LogP contribution in [0.4, 0.5) is 5.82 Å². The van der Waals surface area contributed by atoms with E-state index in [9.17, 15) is 4.79 Å². The molecule has 0 N–H and O–H groups in total. The summed E-state index contributed by atoms with van der Waals surface area (Å²) in [6.07, 6.45) is 4.54. The molecular weight excluding hydrogens is 320 g/mol. The molecular formula is C18H22N4O3. The predicted molar refractivity (Wildman–Crippen MR) is 93.9 cm³/mol. The Morgan fingerprint density at radius 1 is 1.08 bits per heavy atom. The van der Waals surface area contributed by atoms with Crippen LogP contribution in [-0.2, 0) is 4.79 Å². The van der Waals surface area contributed by atoms with Crippen LogP contribution < -0.4 is 14.4 Å². The van der Waals surface area contributed by atoms with E-state index in [0.29, 0.717) is 18.8 Å². The molecule has 1 aromatic heterocycles. The van der Waals surface area contributed by atoms with Crippen LogP contribution in [-0.4, -0.2) is 60.2 Å². The Bertz CT molecular complexity index is 685. The van der Waals surface area contributed by atoms with E-state index < -0.39 is 6.10 Å². The van der Waals surface area contributed by atoms with E-state index in [4.69, 9.17) is 9.47 Å². The van der Waals surface area contributed by atoms with E-state index in [-0.39, 0.29) is 5.91 Å². The minimum atomic E-state index is -0.531. The molecule has 1 atom stereocenters. The monoisotopic (exact) mass is 342 g/mol. The van der Waals surface area contributed by atoms with E-state index in [1.165, 1.54) is 0 Å². The molecule has 1 aliphatic rings. The molecule has 0 saturated carbocycles. The minimum Gasteiger partial charge on any atom is -0.497 e. The van der Waals surface area contributed by atoms with Gasteiger partial charge >= 0.3 is 0 Å². The first-order valence-corrected chi connectivity index (χ1v) is 8.28. The lowest BCUT2D eigenvalue weighted by molar-refractivity contribution is -0.138. The van der Waals surface area contributed by atoms with E-state index in [2.05, 4.69) is 14.9 Å². The second-order valence-corrected chi connectivity index (χ2v) is 5.81. The van der Waals surface area contributed by atoms with E-state index in [1.807, 2.05) is 17.0 Å². The third-order valence-corrected chi connectivity index (χ3v) is 4.18. The Morgan fingerprint density at radius 2 is 1.76 bits per heavy atom. The Kier molecular flexibility index (Phi) is 5.33. The van der Waals surface area contributed by atoms with Crippen LogP contribution in [0.25, 0.3) is 0 Å². The molecule has 1 fully saturated rings. The lowest BCUT2D eigenvalue weighted by Gasteiger charge is -2.36. The molecule has 132 valence electrons. The van der Waals surface area contributed by atoms with Gasteiger partial charge in [-0.3, -0.25) is 9.78 Å². The van der Waals surface area contributed by atoms with Crippen molar-refractivity contribution in [2.45, 2.75) is 13.0 Å². The summed E-state index contributed by atoms with van der Waals surface area (Å²) >= 11 is 0. The number of piperazine rings is 1. The van der Waals surface area contributed by atoms with Gasteiger partial charge in [0, 0.05) is 38.6 Å². The number of aromatic nitrogens is 2. The number of ether oxygens (including phenoxy) is 2. The predicted octanol–water partition coefficient (Wildman–Crippen LogP) is 1.60. The summed E-state index contributed by atoms with van der Waals surface area (Å²) in [5.41, 5.74) is 0. The van der Waals surface area contributed by atoms with Crippen LogP contribution in [0, 0.1) is 0 Å². The highest BCUT2D eigenvalue weighted by Crippen LogP contribution is 2.19. The highest BCUT2D eigenvalue weighted by molar-refractivity contribution is 5.81. The fourth-order valence-electron chi connectivity index (χ4n) is 2.78. The van der Waals surface area contributed by atoms with Crippen molar-refractivity contribution in [3.63, 3.8) is 0 Å². The van der Waals surface area contributed by atoms with Crippen molar-refractivity contribution in [2.75, 3.05) is 38.2 Å². The van der Waals surface area contributed by atoms with Crippen molar-refractivity contribution < 1.29 is 14.3 Å². The van der Waals surface area contributed by atoms with Gasteiger partial charge in [-0.2, -0.15) is 0 Å². The molecule has 7 heteroatoms. The molecule has 1 saturated heterocycles. The van der Waals surface area contributed by atoms with Gasteiger partial charge in [0.15, 0.2) is 6.10 Å². The van der Waals surface area contributed by atoms with Crippen LogP contribution in [0.1, 0.15) is 6.92 Å². The Labute approximate surface area is 147 Å². The van der Waals surface area contributed by atoms with Gasteiger partial charge in [0.1, 0.15) is 17.3 Å². The molecule has 7 nitrogen and oxygen atoms in total. The van der Waals surface area contributed by atoms with Gasteiger partial charge in [-0.25, -0.2) is 4.98 Å². The van der Waals surface area contributed by atoms with Gasteiger partial charge < -0.3 is 19.3 Å². The quantitative estimate of drug-likeness (QED) is 0.822. The molecule has 0 spiro atoms. The Hall–Kier alpha value is -2.83. The van der Waals surface area contributed by atoms with Gasteiger partial charge in [0.05, 0.1) is 13.3 Å². The second kappa shape index (κ2) is 7.83. The standard InChI is InChI=1S/C18H22N4O3/c1-14(25-16-5-3-15(24-2)4-6-16)18(23)22-11-9-21(10-12-22)17-13-19-7-8-20-17/h3-8,13-14H,9-12H2,1-2H3/t14-/m1/s1. The molecule has 1 aliphatic heterocycles.